The second-order valence-corrected chi connectivity index (χ2v) is 15.5. The predicted octanol–water partition coefficient (Wildman–Crippen LogP) is 9.43. The van der Waals surface area contributed by atoms with Gasteiger partial charge in [0.1, 0.15) is 24.9 Å². The fourth-order valence-corrected chi connectivity index (χ4v) is 6.73. The van der Waals surface area contributed by atoms with Gasteiger partial charge in [0, 0.05) is 12.8 Å². The van der Waals surface area contributed by atoms with Gasteiger partial charge in [-0.25, -0.2) is 4.79 Å². The van der Waals surface area contributed by atoms with E-state index in [-0.39, 0.29) is 26.1 Å². The summed E-state index contributed by atoms with van der Waals surface area (Å²) in [6, 6.07) is 0. The number of carboxylic acids is 1. The Morgan fingerprint density at radius 1 is 0.554 bits per heavy atom. The third-order valence-corrected chi connectivity index (χ3v) is 10.3. The van der Waals surface area contributed by atoms with Crippen LogP contribution in [0.5, 0.6) is 0 Å². The van der Waals surface area contributed by atoms with Crippen LogP contribution in [0.25, 0.3) is 0 Å². The van der Waals surface area contributed by atoms with E-state index in [4.69, 9.17) is 18.9 Å². The normalized spacial score (nSPS) is 20.5. The van der Waals surface area contributed by atoms with Crippen LogP contribution in [0.1, 0.15) is 194 Å². The lowest BCUT2D eigenvalue weighted by molar-refractivity contribution is -0.298. The molecule has 326 valence electrons. The van der Waals surface area contributed by atoms with Crippen molar-refractivity contribution >= 4 is 17.9 Å². The van der Waals surface area contributed by atoms with Gasteiger partial charge in [-0.15, -0.1) is 0 Å². The van der Waals surface area contributed by atoms with Gasteiger partial charge in [-0.2, -0.15) is 0 Å². The standard InChI is InChI=1S/C45H80O11/c1-3-5-7-9-11-13-15-16-17-18-19-20-21-22-24-25-27-29-31-33-38(46)53-35-37(36-54-45-42(50)40(48)41(49)43(56-45)44(51)52)55-39(47)34-32-30-28-26-23-14-12-10-8-6-4-2/h11,13,16-17,37,40-43,45,48-50H,3-10,12,14-15,18-36H2,1-2H3,(H,51,52)/b13-11-,17-16-. The van der Waals surface area contributed by atoms with E-state index in [2.05, 4.69) is 38.2 Å². The summed E-state index contributed by atoms with van der Waals surface area (Å²) >= 11 is 0. The summed E-state index contributed by atoms with van der Waals surface area (Å²) in [6.45, 7) is 3.78. The van der Waals surface area contributed by atoms with Crippen molar-refractivity contribution in [1.29, 1.82) is 0 Å². The van der Waals surface area contributed by atoms with Gasteiger partial charge in [0.05, 0.1) is 6.61 Å². The molecule has 1 rings (SSSR count). The molecule has 0 bridgehead atoms. The Morgan fingerprint density at radius 3 is 1.52 bits per heavy atom. The first-order chi connectivity index (χ1) is 27.2. The van der Waals surface area contributed by atoms with E-state index in [0.29, 0.717) is 12.8 Å². The number of aliphatic hydroxyl groups excluding tert-OH is 3. The quantitative estimate of drug-likeness (QED) is 0.0268. The molecule has 0 radical (unpaired) electrons. The van der Waals surface area contributed by atoms with Gasteiger partial charge >= 0.3 is 17.9 Å². The van der Waals surface area contributed by atoms with E-state index < -0.39 is 54.7 Å². The maximum atomic E-state index is 12.7. The van der Waals surface area contributed by atoms with E-state index in [0.717, 1.165) is 51.4 Å². The Kier molecular flexibility index (Phi) is 33.1. The van der Waals surface area contributed by atoms with E-state index in [1.807, 2.05) is 0 Å². The number of unbranched alkanes of at least 4 members (excludes halogenated alkanes) is 22. The predicted molar refractivity (Wildman–Crippen MR) is 220 cm³/mol. The fourth-order valence-electron chi connectivity index (χ4n) is 6.73. The van der Waals surface area contributed by atoms with Crippen molar-refractivity contribution < 1.29 is 53.8 Å². The van der Waals surface area contributed by atoms with Crippen molar-refractivity contribution in [1.82, 2.24) is 0 Å². The maximum Gasteiger partial charge on any atom is 0.335 e. The number of carbonyl (C=O) groups excluding carboxylic acids is 2. The van der Waals surface area contributed by atoms with Crippen LogP contribution in [-0.2, 0) is 33.3 Å². The molecule has 0 aromatic carbocycles. The van der Waals surface area contributed by atoms with E-state index >= 15 is 0 Å². The number of aliphatic hydroxyl groups is 3. The molecule has 0 saturated carbocycles. The average molecular weight is 797 g/mol. The van der Waals surface area contributed by atoms with Crippen LogP contribution in [-0.4, -0.2) is 88.4 Å². The van der Waals surface area contributed by atoms with Gasteiger partial charge in [0.15, 0.2) is 18.5 Å². The number of hydrogen-bond acceptors (Lipinski definition) is 10. The molecule has 0 aromatic rings. The number of rotatable bonds is 37. The molecule has 1 heterocycles. The van der Waals surface area contributed by atoms with Gasteiger partial charge in [-0.1, -0.05) is 160 Å². The summed E-state index contributed by atoms with van der Waals surface area (Å²) in [7, 11) is 0. The highest BCUT2D eigenvalue weighted by Gasteiger charge is 2.47. The third-order valence-electron chi connectivity index (χ3n) is 10.3. The Hall–Kier alpha value is -2.31. The number of aliphatic carboxylic acids is 1. The molecule has 6 unspecified atom stereocenters. The number of ether oxygens (including phenoxy) is 4. The highest BCUT2D eigenvalue weighted by molar-refractivity contribution is 5.73. The number of carboxylic acid groups (broad SMARTS) is 1. The zero-order valence-corrected chi connectivity index (χ0v) is 35.1. The van der Waals surface area contributed by atoms with Crippen LogP contribution in [0, 0.1) is 0 Å². The zero-order valence-electron chi connectivity index (χ0n) is 35.1. The van der Waals surface area contributed by atoms with E-state index in [9.17, 15) is 34.8 Å². The average Bonchev–Trinajstić information content (AvgIpc) is 3.18. The van der Waals surface area contributed by atoms with Gasteiger partial charge in [-0.05, 0) is 44.9 Å². The van der Waals surface area contributed by atoms with E-state index in [1.165, 1.54) is 103 Å². The summed E-state index contributed by atoms with van der Waals surface area (Å²) in [6.07, 6.45) is 29.5. The summed E-state index contributed by atoms with van der Waals surface area (Å²) in [5.74, 6) is -2.44. The highest BCUT2D eigenvalue weighted by atomic mass is 16.7. The maximum absolute atomic E-state index is 12.7. The zero-order chi connectivity index (χ0) is 41.1. The molecule has 11 nitrogen and oxygen atoms in total. The smallest absolute Gasteiger partial charge is 0.335 e. The van der Waals surface area contributed by atoms with Crippen molar-refractivity contribution in [2.75, 3.05) is 13.2 Å². The highest BCUT2D eigenvalue weighted by Crippen LogP contribution is 2.23. The Bertz CT molecular complexity index is 1030. The minimum atomic E-state index is -1.86. The SMILES string of the molecule is CCCCC/C=C\C/C=C\CCCCCCCCCCCC(=O)OCC(COC1OC(C(=O)O)C(O)C(O)C1O)OC(=O)CCCCCCCCCCCCC. The Morgan fingerprint density at radius 2 is 1.00 bits per heavy atom. The Balaban J connectivity index is 2.33. The molecule has 6 atom stereocenters. The van der Waals surface area contributed by atoms with Crippen molar-refractivity contribution in [2.24, 2.45) is 0 Å². The molecule has 4 N–H and O–H groups in total. The van der Waals surface area contributed by atoms with Gasteiger partial charge in [-0.3, -0.25) is 9.59 Å². The number of allylic oxidation sites excluding steroid dienone is 4. The topological polar surface area (TPSA) is 169 Å². The molecule has 1 aliphatic rings. The molecular weight excluding hydrogens is 716 g/mol. The van der Waals surface area contributed by atoms with Crippen LogP contribution in [0.15, 0.2) is 24.3 Å². The van der Waals surface area contributed by atoms with Crippen LogP contribution in [0.2, 0.25) is 0 Å². The summed E-state index contributed by atoms with van der Waals surface area (Å²) < 4.78 is 21.7. The molecule has 1 aliphatic heterocycles. The summed E-state index contributed by atoms with van der Waals surface area (Å²) in [4.78, 5) is 36.8. The van der Waals surface area contributed by atoms with Crippen LogP contribution >= 0.6 is 0 Å². The van der Waals surface area contributed by atoms with Crippen LogP contribution < -0.4 is 0 Å². The summed E-state index contributed by atoms with van der Waals surface area (Å²) in [5, 5.41) is 39.7. The lowest BCUT2D eigenvalue weighted by Gasteiger charge is -2.38. The first-order valence-electron chi connectivity index (χ1n) is 22.4. The fraction of sp³-hybridized carbons (Fsp3) is 0.844. The molecule has 0 amide bonds. The van der Waals surface area contributed by atoms with Crippen LogP contribution in [0.4, 0.5) is 0 Å². The molecule has 0 aromatic heterocycles. The molecule has 0 aliphatic carbocycles. The minimum absolute atomic E-state index is 0.185. The lowest BCUT2D eigenvalue weighted by Crippen LogP contribution is -2.60. The van der Waals surface area contributed by atoms with Crippen molar-refractivity contribution in [2.45, 2.75) is 230 Å². The molecule has 1 saturated heterocycles. The molecule has 56 heavy (non-hydrogen) atoms. The second kappa shape index (κ2) is 35.8. The Labute approximate surface area is 339 Å². The van der Waals surface area contributed by atoms with Gasteiger partial charge in [0.2, 0.25) is 0 Å². The number of carbonyl (C=O) groups is 3. The monoisotopic (exact) mass is 797 g/mol. The van der Waals surface area contributed by atoms with Gasteiger partial charge in [0.25, 0.3) is 0 Å². The number of hydrogen-bond donors (Lipinski definition) is 4. The third kappa shape index (κ3) is 27.3. The van der Waals surface area contributed by atoms with Crippen molar-refractivity contribution in [3.8, 4) is 0 Å². The van der Waals surface area contributed by atoms with E-state index in [1.54, 1.807) is 0 Å². The van der Waals surface area contributed by atoms with Gasteiger partial charge < -0.3 is 39.4 Å². The largest absolute Gasteiger partial charge is 0.479 e. The summed E-state index contributed by atoms with van der Waals surface area (Å²) in [5.41, 5.74) is 0. The lowest BCUT2D eigenvalue weighted by atomic mass is 9.99. The molecular formula is C45H80O11. The van der Waals surface area contributed by atoms with Crippen LogP contribution in [0.3, 0.4) is 0 Å². The molecule has 1 fully saturated rings. The minimum Gasteiger partial charge on any atom is -0.479 e. The van der Waals surface area contributed by atoms with Crippen molar-refractivity contribution in [3.05, 3.63) is 24.3 Å². The van der Waals surface area contributed by atoms with Crippen molar-refractivity contribution in [3.63, 3.8) is 0 Å². The molecule has 11 heteroatoms. The molecule has 0 spiro atoms. The second-order valence-electron chi connectivity index (χ2n) is 15.5. The first kappa shape index (κ1) is 51.7. The number of esters is 2. The first-order valence-corrected chi connectivity index (χ1v) is 22.4.